The van der Waals surface area contributed by atoms with Gasteiger partial charge in [0.1, 0.15) is 0 Å². The van der Waals surface area contributed by atoms with Gasteiger partial charge in [0.15, 0.2) is 0 Å². The Morgan fingerprint density at radius 2 is 2.05 bits per heavy atom. The van der Waals surface area contributed by atoms with Crippen molar-refractivity contribution in [3.8, 4) is 0 Å². The molecule has 0 saturated carbocycles. The highest BCUT2D eigenvalue weighted by molar-refractivity contribution is 7.89. The lowest BCUT2D eigenvalue weighted by Gasteiger charge is -2.14. The van der Waals surface area contributed by atoms with E-state index in [1.165, 1.54) is 5.56 Å². The lowest BCUT2D eigenvalue weighted by molar-refractivity contribution is 0.279. The van der Waals surface area contributed by atoms with E-state index in [1.54, 1.807) is 12.1 Å². The largest absolute Gasteiger partial charge is 0.396 e. The Kier molecular flexibility index (Phi) is 4.60. The van der Waals surface area contributed by atoms with Crippen molar-refractivity contribution in [2.24, 2.45) is 0 Å². The quantitative estimate of drug-likeness (QED) is 0.833. The first-order chi connectivity index (χ1) is 9.03. The fourth-order valence-electron chi connectivity index (χ4n) is 2.50. The molecule has 2 rings (SSSR count). The summed E-state index contributed by atoms with van der Waals surface area (Å²) in [5.41, 5.74) is 2.43. The summed E-state index contributed by atoms with van der Waals surface area (Å²) in [5.74, 6) is 0. The molecule has 0 bridgehead atoms. The van der Waals surface area contributed by atoms with Crippen molar-refractivity contribution in [3.05, 3.63) is 29.3 Å². The van der Waals surface area contributed by atoms with Crippen LogP contribution >= 0.6 is 0 Å². The maximum Gasteiger partial charge on any atom is 0.240 e. The van der Waals surface area contributed by atoms with Crippen molar-refractivity contribution in [2.75, 3.05) is 6.61 Å². The number of sulfonamides is 1. The van der Waals surface area contributed by atoms with Crippen molar-refractivity contribution in [3.63, 3.8) is 0 Å². The van der Waals surface area contributed by atoms with Crippen LogP contribution in [-0.2, 0) is 22.9 Å². The molecule has 1 aliphatic carbocycles. The van der Waals surface area contributed by atoms with E-state index in [2.05, 4.69) is 4.72 Å². The Labute approximate surface area is 114 Å². The van der Waals surface area contributed by atoms with Crippen LogP contribution in [0.1, 0.15) is 37.3 Å². The Morgan fingerprint density at radius 3 is 2.79 bits per heavy atom. The summed E-state index contributed by atoms with van der Waals surface area (Å²) >= 11 is 0. The number of aryl methyl sites for hydroxylation is 2. The second-order valence-electron chi connectivity index (χ2n) is 5.17. The van der Waals surface area contributed by atoms with E-state index in [4.69, 9.17) is 5.11 Å². The van der Waals surface area contributed by atoms with Gasteiger partial charge in [-0.05, 0) is 62.3 Å². The number of hydrogen-bond donors (Lipinski definition) is 2. The first-order valence-corrected chi connectivity index (χ1v) is 8.26. The van der Waals surface area contributed by atoms with Crippen LogP contribution in [0.2, 0.25) is 0 Å². The normalized spacial score (nSPS) is 16.3. The molecule has 0 saturated heterocycles. The van der Waals surface area contributed by atoms with E-state index in [9.17, 15) is 8.42 Å². The third kappa shape index (κ3) is 3.55. The van der Waals surface area contributed by atoms with Crippen LogP contribution < -0.4 is 4.72 Å². The van der Waals surface area contributed by atoms with E-state index in [-0.39, 0.29) is 12.6 Å². The van der Waals surface area contributed by atoms with Gasteiger partial charge in [-0.3, -0.25) is 0 Å². The Bertz CT molecular complexity index is 540. The Hall–Kier alpha value is -0.910. The SMILES string of the molecule is CC(CCCO)NS(=O)(=O)c1ccc2c(c1)CCC2. The summed E-state index contributed by atoms with van der Waals surface area (Å²) in [6, 6.07) is 5.25. The molecule has 0 spiro atoms. The Morgan fingerprint density at radius 1 is 1.32 bits per heavy atom. The zero-order valence-electron chi connectivity index (χ0n) is 11.2. The molecule has 1 aromatic rings. The third-order valence-corrected chi connectivity index (χ3v) is 5.12. The third-order valence-electron chi connectivity index (χ3n) is 3.53. The van der Waals surface area contributed by atoms with Crippen molar-refractivity contribution in [1.82, 2.24) is 4.72 Å². The van der Waals surface area contributed by atoms with Gasteiger partial charge in [0.05, 0.1) is 4.90 Å². The molecule has 0 fully saturated rings. The lowest BCUT2D eigenvalue weighted by atomic mass is 10.1. The van der Waals surface area contributed by atoms with Crippen molar-refractivity contribution in [2.45, 2.75) is 50.0 Å². The van der Waals surface area contributed by atoms with Gasteiger partial charge in [0.2, 0.25) is 10.0 Å². The molecule has 0 aromatic heterocycles. The number of benzene rings is 1. The fraction of sp³-hybridized carbons (Fsp3) is 0.571. The number of hydrogen-bond acceptors (Lipinski definition) is 3. The average Bonchev–Trinajstić information content (AvgIpc) is 2.82. The smallest absolute Gasteiger partial charge is 0.240 e. The molecule has 1 aromatic carbocycles. The molecule has 0 aliphatic heterocycles. The van der Waals surface area contributed by atoms with Gasteiger partial charge in [-0.2, -0.15) is 0 Å². The van der Waals surface area contributed by atoms with E-state index < -0.39 is 10.0 Å². The second-order valence-corrected chi connectivity index (χ2v) is 6.89. The predicted octanol–water partition coefficient (Wildman–Crippen LogP) is 1.61. The van der Waals surface area contributed by atoms with Gasteiger partial charge in [-0.25, -0.2) is 13.1 Å². The molecule has 0 amide bonds. The molecule has 0 radical (unpaired) electrons. The first kappa shape index (κ1) is 14.5. The van der Waals surface area contributed by atoms with E-state index in [0.29, 0.717) is 17.7 Å². The van der Waals surface area contributed by atoms with Crippen molar-refractivity contribution < 1.29 is 13.5 Å². The van der Waals surface area contributed by atoms with Gasteiger partial charge < -0.3 is 5.11 Å². The van der Waals surface area contributed by atoms with Crippen LogP contribution in [0, 0.1) is 0 Å². The summed E-state index contributed by atoms with van der Waals surface area (Å²) in [5, 5.41) is 8.76. The topological polar surface area (TPSA) is 66.4 Å². The number of aliphatic hydroxyl groups is 1. The molecule has 19 heavy (non-hydrogen) atoms. The van der Waals surface area contributed by atoms with Gasteiger partial charge in [-0.15, -0.1) is 0 Å². The van der Waals surface area contributed by atoms with Crippen LogP contribution in [0.5, 0.6) is 0 Å². The highest BCUT2D eigenvalue weighted by Crippen LogP contribution is 2.24. The lowest BCUT2D eigenvalue weighted by Crippen LogP contribution is -2.32. The van der Waals surface area contributed by atoms with E-state index in [0.717, 1.165) is 24.8 Å². The zero-order valence-corrected chi connectivity index (χ0v) is 12.0. The molecule has 1 aliphatic rings. The molecule has 1 atom stereocenters. The van der Waals surface area contributed by atoms with Crippen LogP contribution in [0.3, 0.4) is 0 Å². The maximum absolute atomic E-state index is 12.2. The molecule has 106 valence electrons. The maximum atomic E-state index is 12.2. The number of nitrogens with one attached hydrogen (secondary N) is 1. The summed E-state index contributed by atoms with van der Waals surface area (Å²) in [6.45, 7) is 1.91. The number of fused-ring (bicyclic) bond motifs is 1. The van der Waals surface area contributed by atoms with Crippen LogP contribution in [0.25, 0.3) is 0 Å². The van der Waals surface area contributed by atoms with E-state index >= 15 is 0 Å². The molecule has 5 heteroatoms. The molecule has 1 unspecified atom stereocenters. The monoisotopic (exact) mass is 283 g/mol. The number of aliphatic hydroxyl groups excluding tert-OH is 1. The van der Waals surface area contributed by atoms with E-state index in [1.807, 2.05) is 13.0 Å². The van der Waals surface area contributed by atoms with Crippen LogP contribution in [0.4, 0.5) is 0 Å². The highest BCUT2D eigenvalue weighted by atomic mass is 32.2. The van der Waals surface area contributed by atoms with Crippen molar-refractivity contribution in [1.29, 1.82) is 0 Å². The summed E-state index contributed by atoms with van der Waals surface area (Å²) < 4.78 is 27.1. The summed E-state index contributed by atoms with van der Waals surface area (Å²) in [6.07, 6.45) is 4.38. The average molecular weight is 283 g/mol. The number of rotatable bonds is 6. The molecule has 0 heterocycles. The first-order valence-electron chi connectivity index (χ1n) is 6.78. The zero-order chi connectivity index (χ0) is 13.9. The van der Waals surface area contributed by atoms with Crippen LogP contribution in [-0.4, -0.2) is 26.2 Å². The molecular formula is C14H21NO3S. The highest BCUT2D eigenvalue weighted by Gasteiger charge is 2.20. The fourth-order valence-corrected chi connectivity index (χ4v) is 3.83. The van der Waals surface area contributed by atoms with Gasteiger partial charge in [0, 0.05) is 12.6 Å². The van der Waals surface area contributed by atoms with Crippen LogP contribution in [0.15, 0.2) is 23.1 Å². The summed E-state index contributed by atoms with van der Waals surface area (Å²) in [7, 11) is -3.44. The minimum Gasteiger partial charge on any atom is -0.396 e. The molecule has 4 nitrogen and oxygen atoms in total. The van der Waals surface area contributed by atoms with Gasteiger partial charge >= 0.3 is 0 Å². The molecular weight excluding hydrogens is 262 g/mol. The Balaban J connectivity index is 2.11. The van der Waals surface area contributed by atoms with Crippen molar-refractivity contribution >= 4 is 10.0 Å². The standard InChI is InChI=1S/C14H21NO3S/c1-11(4-3-9-16)15-19(17,18)14-8-7-12-5-2-6-13(12)10-14/h7-8,10-11,15-16H,2-6,9H2,1H3. The minimum absolute atomic E-state index is 0.0882. The minimum atomic E-state index is -3.44. The van der Waals surface area contributed by atoms with Gasteiger partial charge in [0.25, 0.3) is 0 Å². The van der Waals surface area contributed by atoms with Gasteiger partial charge in [-0.1, -0.05) is 6.07 Å². The second kappa shape index (κ2) is 6.03. The summed E-state index contributed by atoms with van der Waals surface area (Å²) in [4.78, 5) is 0.351. The molecule has 2 N–H and O–H groups in total. The predicted molar refractivity (Wildman–Crippen MR) is 74.6 cm³/mol.